The molecule has 1 aliphatic rings. The normalized spacial score (nSPS) is 13.9. The quantitative estimate of drug-likeness (QED) is 0.685. The van der Waals surface area contributed by atoms with E-state index in [1.165, 1.54) is 0 Å². The SMILES string of the molecule is COc1cc(NC(=O)C2CN(c3nc4ccccc4s3)C2)cc(OC)c1OC. The van der Waals surface area contributed by atoms with Crippen molar-refractivity contribution in [3.05, 3.63) is 36.4 Å². The molecule has 4 rings (SSSR count). The Labute approximate surface area is 166 Å². The molecule has 8 heteroatoms. The van der Waals surface area contributed by atoms with Crippen LogP contribution in [0.1, 0.15) is 0 Å². The van der Waals surface area contributed by atoms with Gasteiger partial charge in [0.2, 0.25) is 11.7 Å². The van der Waals surface area contributed by atoms with Crippen LogP contribution in [-0.2, 0) is 4.79 Å². The second-order valence-electron chi connectivity index (χ2n) is 6.47. The summed E-state index contributed by atoms with van der Waals surface area (Å²) in [6, 6.07) is 11.5. The number of ether oxygens (including phenoxy) is 3. The van der Waals surface area contributed by atoms with E-state index in [0.717, 1.165) is 15.3 Å². The van der Waals surface area contributed by atoms with Gasteiger partial charge in [-0.3, -0.25) is 4.79 Å². The van der Waals surface area contributed by atoms with Gasteiger partial charge < -0.3 is 24.4 Å². The Balaban J connectivity index is 1.42. The Morgan fingerprint density at radius 1 is 1.11 bits per heavy atom. The Hall–Kier alpha value is -3.00. The standard InChI is InChI=1S/C20H21N3O4S/c1-25-15-8-13(9-16(26-2)18(15)27-3)21-19(24)12-10-23(11-12)20-22-14-6-4-5-7-17(14)28-20/h4-9,12H,10-11H2,1-3H3,(H,21,24). The summed E-state index contributed by atoms with van der Waals surface area (Å²) in [5, 5.41) is 3.90. The molecule has 0 unspecified atom stereocenters. The van der Waals surface area contributed by atoms with Crippen LogP contribution in [0.25, 0.3) is 10.2 Å². The molecule has 28 heavy (non-hydrogen) atoms. The molecule has 1 N–H and O–H groups in total. The molecule has 0 bridgehead atoms. The van der Waals surface area contributed by atoms with Crippen LogP contribution in [0.15, 0.2) is 36.4 Å². The fourth-order valence-electron chi connectivity index (χ4n) is 3.19. The first-order valence-electron chi connectivity index (χ1n) is 8.84. The molecule has 1 amide bonds. The van der Waals surface area contributed by atoms with E-state index < -0.39 is 0 Å². The van der Waals surface area contributed by atoms with Crippen LogP contribution in [0.4, 0.5) is 10.8 Å². The molecule has 1 aromatic heterocycles. The number of fused-ring (bicyclic) bond motifs is 1. The smallest absolute Gasteiger partial charge is 0.231 e. The number of carbonyl (C=O) groups excluding carboxylic acids is 1. The molecule has 3 aromatic rings. The highest BCUT2D eigenvalue weighted by molar-refractivity contribution is 7.22. The third kappa shape index (κ3) is 3.31. The lowest BCUT2D eigenvalue weighted by molar-refractivity contribution is -0.120. The van der Waals surface area contributed by atoms with E-state index in [-0.39, 0.29) is 11.8 Å². The molecule has 2 aromatic carbocycles. The second-order valence-corrected chi connectivity index (χ2v) is 7.48. The maximum atomic E-state index is 12.6. The number of hydrogen-bond donors (Lipinski definition) is 1. The van der Waals surface area contributed by atoms with Gasteiger partial charge >= 0.3 is 0 Å². The first kappa shape index (κ1) is 18.4. The third-order valence-electron chi connectivity index (χ3n) is 4.74. The number of benzene rings is 2. The van der Waals surface area contributed by atoms with Gasteiger partial charge in [-0.2, -0.15) is 0 Å². The fraction of sp³-hybridized carbons (Fsp3) is 0.300. The Morgan fingerprint density at radius 2 is 1.79 bits per heavy atom. The van der Waals surface area contributed by atoms with E-state index in [2.05, 4.69) is 21.3 Å². The number of aromatic nitrogens is 1. The monoisotopic (exact) mass is 399 g/mol. The van der Waals surface area contributed by atoms with Crippen molar-refractivity contribution in [2.45, 2.75) is 0 Å². The van der Waals surface area contributed by atoms with Gasteiger partial charge in [0.25, 0.3) is 0 Å². The molecular formula is C20H21N3O4S. The number of anilines is 2. The minimum Gasteiger partial charge on any atom is -0.493 e. The zero-order chi connectivity index (χ0) is 19.7. The Kier molecular flexibility index (Phi) is 4.95. The van der Waals surface area contributed by atoms with Crippen molar-refractivity contribution in [2.75, 3.05) is 44.6 Å². The van der Waals surface area contributed by atoms with Gasteiger partial charge in [0.15, 0.2) is 16.6 Å². The van der Waals surface area contributed by atoms with E-state index in [0.29, 0.717) is 36.0 Å². The zero-order valence-electron chi connectivity index (χ0n) is 15.9. The predicted octanol–water partition coefficient (Wildman–Crippen LogP) is 3.40. The number of nitrogens with one attached hydrogen (secondary N) is 1. The van der Waals surface area contributed by atoms with Gasteiger partial charge in [-0.15, -0.1) is 0 Å². The number of rotatable bonds is 6. The Bertz CT molecular complexity index is 956. The molecule has 1 fully saturated rings. The van der Waals surface area contributed by atoms with Crippen LogP contribution in [0, 0.1) is 5.92 Å². The molecule has 2 heterocycles. The van der Waals surface area contributed by atoms with Gasteiger partial charge in [-0.25, -0.2) is 4.98 Å². The molecule has 0 spiro atoms. The summed E-state index contributed by atoms with van der Waals surface area (Å²) in [4.78, 5) is 19.4. The number of amides is 1. The first-order chi connectivity index (χ1) is 13.6. The summed E-state index contributed by atoms with van der Waals surface area (Å²) in [5.74, 6) is 1.37. The van der Waals surface area contributed by atoms with Crippen molar-refractivity contribution in [1.29, 1.82) is 0 Å². The molecular weight excluding hydrogens is 378 g/mol. The van der Waals surface area contributed by atoms with Crippen LogP contribution in [0.2, 0.25) is 0 Å². The van der Waals surface area contributed by atoms with Gasteiger partial charge in [0.1, 0.15) is 0 Å². The number of methoxy groups -OCH3 is 3. The van der Waals surface area contributed by atoms with Crippen molar-refractivity contribution in [1.82, 2.24) is 4.98 Å². The maximum Gasteiger partial charge on any atom is 0.231 e. The molecule has 0 atom stereocenters. The minimum absolute atomic E-state index is 0.0355. The fourth-order valence-corrected chi connectivity index (χ4v) is 4.18. The molecule has 0 aliphatic carbocycles. The van der Waals surface area contributed by atoms with E-state index >= 15 is 0 Å². The van der Waals surface area contributed by atoms with E-state index in [1.807, 2.05) is 18.2 Å². The molecule has 1 saturated heterocycles. The van der Waals surface area contributed by atoms with Crippen LogP contribution in [-0.4, -0.2) is 45.3 Å². The summed E-state index contributed by atoms with van der Waals surface area (Å²) in [7, 11) is 4.64. The first-order valence-corrected chi connectivity index (χ1v) is 9.66. The summed E-state index contributed by atoms with van der Waals surface area (Å²) < 4.78 is 17.1. The lowest BCUT2D eigenvalue weighted by atomic mass is 10.00. The summed E-state index contributed by atoms with van der Waals surface area (Å²) >= 11 is 1.65. The van der Waals surface area contributed by atoms with E-state index in [1.54, 1.807) is 44.8 Å². The average Bonchev–Trinajstić information content (AvgIpc) is 3.09. The summed E-state index contributed by atoms with van der Waals surface area (Å²) in [6.07, 6.45) is 0. The van der Waals surface area contributed by atoms with E-state index in [4.69, 9.17) is 14.2 Å². The van der Waals surface area contributed by atoms with Crippen molar-refractivity contribution in [3.8, 4) is 17.2 Å². The van der Waals surface area contributed by atoms with Crippen molar-refractivity contribution < 1.29 is 19.0 Å². The molecule has 0 saturated carbocycles. The Morgan fingerprint density at radius 3 is 2.39 bits per heavy atom. The lowest BCUT2D eigenvalue weighted by Gasteiger charge is -2.37. The molecule has 146 valence electrons. The van der Waals surface area contributed by atoms with Gasteiger partial charge in [0.05, 0.1) is 37.5 Å². The predicted molar refractivity (Wildman–Crippen MR) is 110 cm³/mol. The zero-order valence-corrected chi connectivity index (χ0v) is 16.7. The number of para-hydroxylation sites is 1. The van der Waals surface area contributed by atoms with Gasteiger partial charge in [0, 0.05) is 30.9 Å². The number of thiazole rings is 1. The second kappa shape index (κ2) is 7.55. The van der Waals surface area contributed by atoms with Crippen LogP contribution < -0.4 is 24.4 Å². The van der Waals surface area contributed by atoms with E-state index in [9.17, 15) is 4.79 Å². The summed E-state index contributed by atoms with van der Waals surface area (Å²) in [6.45, 7) is 1.30. The maximum absolute atomic E-state index is 12.6. The van der Waals surface area contributed by atoms with Crippen molar-refractivity contribution >= 4 is 38.3 Å². The van der Waals surface area contributed by atoms with Crippen LogP contribution in [0.3, 0.4) is 0 Å². The van der Waals surface area contributed by atoms with Crippen molar-refractivity contribution in [3.63, 3.8) is 0 Å². The highest BCUT2D eigenvalue weighted by atomic mass is 32.1. The lowest BCUT2D eigenvalue weighted by Crippen LogP contribution is -2.52. The highest BCUT2D eigenvalue weighted by Gasteiger charge is 2.34. The van der Waals surface area contributed by atoms with Gasteiger partial charge in [-0.1, -0.05) is 23.5 Å². The average molecular weight is 399 g/mol. The number of carbonyl (C=O) groups is 1. The minimum atomic E-state index is -0.0916. The van der Waals surface area contributed by atoms with Crippen molar-refractivity contribution in [2.24, 2.45) is 5.92 Å². The summed E-state index contributed by atoms with van der Waals surface area (Å²) in [5.41, 5.74) is 1.60. The highest BCUT2D eigenvalue weighted by Crippen LogP contribution is 2.40. The molecule has 0 radical (unpaired) electrons. The number of nitrogens with zero attached hydrogens (tertiary/aromatic N) is 2. The molecule has 7 nitrogen and oxygen atoms in total. The topological polar surface area (TPSA) is 72.9 Å². The number of hydrogen-bond acceptors (Lipinski definition) is 7. The van der Waals surface area contributed by atoms with Crippen LogP contribution >= 0.6 is 11.3 Å². The van der Waals surface area contributed by atoms with Gasteiger partial charge in [-0.05, 0) is 12.1 Å². The largest absolute Gasteiger partial charge is 0.493 e. The van der Waals surface area contributed by atoms with Crippen LogP contribution in [0.5, 0.6) is 17.2 Å². The molecule has 1 aliphatic heterocycles. The third-order valence-corrected chi connectivity index (χ3v) is 5.83.